The van der Waals surface area contributed by atoms with Crippen LogP contribution in [0.25, 0.3) is 0 Å². The Balaban J connectivity index is 1.97. The predicted octanol–water partition coefficient (Wildman–Crippen LogP) is 3.61. The van der Waals surface area contributed by atoms with E-state index >= 15 is 0 Å². The summed E-state index contributed by atoms with van der Waals surface area (Å²) in [5, 5.41) is 21.4. The Morgan fingerprint density at radius 1 is 1.19 bits per heavy atom. The Hall–Kier alpha value is -0.860. The van der Waals surface area contributed by atoms with E-state index < -0.39 is 6.10 Å². The highest BCUT2D eigenvalue weighted by Crippen LogP contribution is 2.65. The molecule has 4 unspecified atom stereocenters. The molecule has 2 fully saturated rings. The lowest BCUT2D eigenvalue weighted by molar-refractivity contribution is 0.0750. The summed E-state index contributed by atoms with van der Waals surface area (Å²) >= 11 is 0. The fourth-order valence-electron chi connectivity index (χ4n) is 4.91. The predicted molar refractivity (Wildman–Crippen MR) is 85.7 cm³/mol. The summed E-state index contributed by atoms with van der Waals surface area (Å²) in [5.41, 5.74) is 0.740. The molecule has 3 rings (SSSR count). The van der Waals surface area contributed by atoms with Crippen LogP contribution < -0.4 is 0 Å². The molecule has 0 aliphatic heterocycles. The molecule has 0 heterocycles. The highest BCUT2D eigenvalue weighted by molar-refractivity contribution is 5.37. The van der Waals surface area contributed by atoms with Crippen molar-refractivity contribution < 1.29 is 10.2 Å². The van der Waals surface area contributed by atoms with Crippen LogP contribution in [0.2, 0.25) is 0 Å². The third kappa shape index (κ3) is 1.99. The maximum atomic E-state index is 10.8. The van der Waals surface area contributed by atoms with Crippen LogP contribution in [-0.4, -0.2) is 22.4 Å². The van der Waals surface area contributed by atoms with E-state index in [9.17, 15) is 10.2 Å². The standard InChI is InChI=1S/C19H28O2/c1-17(2)13-8-11-19(4,16(13)21)14(17)12-15(20)18(3)9-6-5-7-10-18/h6-7,9-10,12-13,15-16,20-21H,5,8,11H2,1-4H3/b14-12-. The number of fused-ring (bicyclic) bond motifs is 2. The molecule has 4 atom stereocenters. The van der Waals surface area contributed by atoms with Gasteiger partial charge in [-0.25, -0.2) is 0 Å². The van der Waals surface area contributed by atoms with Crippen LogP contribution in [0.1, 0.15) is 47.0 Å². The Labute approximate surface area is 128 Å². The molecule has 3 aliphatic rings. The molecule has 0 amide bonds. The van der Waals surface area contributed by atoms with Crippen molar-refractivity contribution in [1.29, 1.82) is 0 Å². The molecule has 3 aliphatic carbocycles. The van der Waals surface area contributed by atoms with Gasteiger partial charge in [-0.15, -0.1) is 0 Å². The topological polar surface area (TPSA) is 40.5 Å². The Bertz CT molecular complexity index is 514. The molecule has 0 saturated heterocycles. The first-order chi connectivity index (χ1) is 9.72. The second-order valence-electron chi connectivity index (χ2n) is 8.16. The smallest absolute Gasteiger partial charge is 0.0846 e. The minimum absolute atomic E-state index is 0.0220. The van der Waals surface area contributed by atoms with Gasteiger partial charge in [0, 0.05) is 10.8 Å². The van der Waals surface area contributed by atoms with Gasteiger partial charge in [-0.1, -0.05) is 56.7 Å². The molecule has 0 radical (unpaired) electrons. The first-order valence-electron chi connectivity index (χ1n) is 8.16. The summed E-state index contributed by atoms with van der Waals surface area (Å²) in [4.78, 5) is 0. The van der Waals surface area contributed by atoms with E-state index in [2.05, 4.69) is 52.0 Å². The Morgan fingerprint density at radius 2 is 1.81 bits per heavy atom. The van der Waals surface area contributed by atoms with Crippen LogP contribution >= 0.6 is 0 Å². The monoisotopic (exact) mass is 288 g/mol. The van der Waals surface area contributed by atoms with E-state index in [4.69, 9.17) is 0 Å². The fourth-order valence-corrected chi connectivity index (χ4v) is 4.91. The van der Waals surface area contributed by atoms with Gasteiger partial charge < -0.3 is 10.2 Å². The first-order valence-corrected chi connectivity index (χ1v) is 8.16. The number of hydrogen-bond acceptors (Lipinski definition) is 2. The number of aliphatic hydroxyl groups excluding tert-OH is 2. The second-order valence-corrected chi connectivity index (χ2v) is 8.16. The SMILES string of the molecule is CC1(C(O)/C=C2/C(C)(C)C3CCC2(C)C3O)C=CCC=C1. The number of hydrogen-bond donors (Lipinski definition) is 2. The van der Waals surface area contributed by atoms with Crippen LogP contribution in [0, 0.1) is 22.2 Å². The Kier molecular flexibility index (Phi) is 3.27. The average molecular weight is 288 g/mol. The lowest BCUT2D eigenvalue weighted by Crippen LogP contribution is -2.33. The molecule has 2 saturated carbocycles. The lowest BCUT2D eigenvalue weighted by Gasteiger charge is -2.38. The summed E-state index contributed by atoms with van der Waals surface area (Å²) in [5.74, 6) is 0.325. The van der Waals surface area contributed by atoms with Crippen LogP contribution in [0.3, 0.4) is 0 Å². The van der Waals surface area contributed by atoms with Crippen LogP contribution in [0.5, 0.6) is 0 Å². The molecule has 0 aromatic carbocycles. The first kappa shape index (κ1) is 15.1. The van der Waals surface area contributed by atoms with Gasteiger partial charge in [0.15, 0.2) is 0 Å². The van der Waals surface area contributed by atoms with E-state index in [1.807, 2.05) is 6.08 Å². The van der Waals surface area contributed by atoms with E-state index in [1.165, 1.54) is 5.57 Å². The molecule has 116 valence electrons. The van der Waals surface area contributed by atoms with E-state index in [1.54, 1.807) is 0 Å². The van der Waals surface area contributed by atoms with E-state index in [0.29, 0.717) is 5.92 Å². The van der Waals surface area contributed by atoms with E-state index in [-0.39, 0.29) is 22.3 Å². The quantitative estimate of drug-likeness (QED) is 0.762. The zero-order valence-corrected chi connectivity index (χ0v) is 13.6. The van der Waals surface area contributed by atoms with Gasteiger partial charge in [0.05, 0.1) is 12.2 Å². The number of rotatable bonds is 2. The lowest BCUT2D eigenvalue weighted by atomic mass is 9.67. The largest absolute Gasteiger partial charge is 0.392 e. The van der Waals surface area contributed by atoms with Gasteiger partial charge in [-0.2, -0.15) is 0 Å². The van der Waals surface area contributed by atoms with Gasteiger partial charge in [0.1, 0.15) is 0 Å². The molecular formula is C19H28O2. The molecule has 0 aromatic rings. The average Bonchev–Trinajstić information content (AvgIpc) is 2.79. The minimum atomic E-state index is -0.539. The van der Waals surface area contributed by atoms with Crippen LogP contribution in [-0.2, 0) is 0 Å². The van der Waals surface area contributed by atoms with Crippen LogP contribution in [0.15, 0.2) is 36.0 Å². The van der Waals surface area contributed by atoms with Crippen molar-refractivity contribution in [2.45, 2.75) is 59.2 Å². The fraction of sp³-hybridized carbons (Fsp3) is 0.684. The zero-order chi connectivity index (χ0) is 15.5. The molecule has 2 heteroatoms. The van der Waals surface area contributed by atoms with Crippen molar-refractivity contribution in [3.8, 4) is 0 Å². The summed E-state index contributed by atoms with van der Waals surface area (Å²) in [7, 11) is 0. The molecular weight excluding hydrogens is 260 g/mol. The van der Waals surface area contributed by atoms with Crippen LogP contribution in [0.4, 0.5) is 0 Å². The maximum absolute atomic E-state index is 10.8. The normalized spacial score (nSPS) is 42.7. The number of allylic oxidation sites excluding steroid dienone is 2. The van der Waals surface area contributed by atoms with Gasteiger partial charge in [-0.3, -0.25) is 0 Å². The third-order valence-corrected chi connectivity index (χ3v) is 6.43. The molecule has 21 heavy (non-hydrogen) atoms. The van der Waals surface area contributed by atoms with Gasteiger partial charge in [0.2, 0.25) is 0 Å². The van der Waals surface area contributed by atoms with Gasteiger partial charge >= 0.3 is 0 Å². The zero-order valence-electron chi connectivity index (χ0n) is 13.6. The Morgan fingerprint density at radius 3 is 2.33 bits per heavy atom. The van der Waals surface area contributed by atoms with Crippen molar-refractivity contribution in [3.63, 3.8) is 0 Å². The highest BCUT2D eigenvalue weighted by atomic mass is 16.3. The van der Waals surface area contributed by atoms with Crippen molar-refractivity contribution >= 4 is 0 Å². The highest BCUT2D eigenvalue weighted by Gasteiger charge is 2.62. The van der Waals surface area contributed by atoms with Gasteiger partial charge in [-0.05, 0) is 37.5 Å². The summed E-state index contributed by atoms with van der Waals surface area (Å²) in [6.07, 6.45) is 12.7. The molecule has 2 N–H and O–H groups in total. The van der Waals surface area contributed by atoms with Crippen molar-refractivity contribution in [3.05, 3.63) is 36.0 Å². The summed E-state index contributed by atoms with van der Waals surface area (Å²) in [6.45, 7) is 8.68. The maximum Gasteiger partial charge on any atom is 0.0846 e. The minimum Gasteiger partial charge on any atom is -0.392 e. The van der Waals surface area contributed by atoms with Gasteiger partial charge in [0.25, 0.3) is 0 Å². The van der Waals surface area contributed by atoms with Crippen molar-refractivity contribution in [2.75, 3.05) is 0 Å². The molecule has 2 nitrogen and oxygen atoms in total. The number of aliphatic hydroxyl groups is 2. The van der Waals surface area contributed by atoms with Crippen molar-refractivity contribution in [2.24, 2.45) is 22.2 Å². The second kappa shape index (κ2) is 4.57. The summed E-state index contributed by atoms with van der Waals surface area (Å²) in [6, 6.07) is 0. The van der Waals surface area contributed by atoms with Crippen molar-refractivity contribution in [1.82, 2.24) is 0 Å². The third-order valence-electron chi connectivity index (χ3n) is 6.43. The van der Waals surface area contributed by atoms with E-state index in [0.717, 1.165) is 19.3 Å². The molecule has 0 spiro atoms. The molecule has 0 aromatic heterocycles. The molecule has 2 bridgehead atoms. The summed E-state index contributed by atoms with van der Waals surface area (Å²) < 4.78 is 0.